The molecule has 0 radical (unpaired) electrons. The molecule has 0 N–H and O–H groups in total. The van der Waals surface area contributed by atoms with Crippen molar-refractivity contribution in [3.05, 3.63) is 28.7 Å². The molecule has 2 nitrogen and oxygen atoms in total. The third-order valence-corrected chi connectivity index (χ3v) is 1.85. The summed E-state index contributed by atoms with van der Waals surface area (Å²) in [7, 11) is 0. The molecule has 2 rings (SSSR count). The molecule has 0 aliphatic heterocycles. The largest absolute Gasteiger partial charge is 0.445 e. The van der Waals surface area contributed by atoms with E-state index in [1.54, 1.807) is 18.3 Å². The van der Waals surface area contributed by atoms with Gasteiger partial charge < -0.3 is 4.42 Å². The predicted octanol–water partition coefficient (Wildman–Crippen LogP) is 3.13. The number of hydrogen-bond donors (Lipinski definition) is 0. The van der Waals surface area contributed by atoms with Crippen LogP contribution in [0.1, 0.15) is 0 Å². The average molecular weight is 188 g/mol. The molecule has 0 aromatic carbocycles. The molecular weight excluding hydrogens is 185 g/mol. The first kappa shape index (κ1) is 6.95. The molecule has 0 spiro atoms. The summed E-state index contributed by atoms with van der Waals surface area (Å²) in [6.07, 6.45) is 1.57. The highest BCUT2D eigenvalue weighted by Crippen LogP contribution is 2.26. The molecule has 11 heavy (non-hydrogen) atoms. The van der Waals surface area contributed by atoms with E-state index in [1.807, 2.05) is 0 Å². The van der Waals surface area contributed by atoms with E-state index in [9.17, 15) is 0 Å². The van der Waals surface area contributed by atoms with Crippen LogP contribution in [0.15, 0.2) is 22.7 Å². The maximum Gasteiger partial charge on any atom is 0.194 e. The zero-order chi connectivity index (χ0) is 7.84. The maximum atomic E-state index is 5.74. The third kappa shape index (κ3) is 1.08. The molecule has 0 aliphatic carbocycles. The molecule has 0 fully saturated rings. The van der Waals surface area contributed by atoms with Gasteiger partial charge in [-0.3, -0.25) is 0 Å². The number of rotatable bonds is 0. The fraction of sp³-hybridized carbons (Fsp3) is 0. The van der Waals surface area contributed by atoms with Gasteiger partial charge >= 0.3 is 0 Å². The van der Waals surface area contributed by atoms with Crippen molar-refractivity contribution in [2.75, 3.05) is 0 Å². The van der Waals surface area contributed by atoms with Gasteiger partial charge in [0.1, 0.15) is 10.7 Å². The molecule has 0 saturated heterocycles. The fourth-order valence-corrected chi connectivity index (χ4v) is 1.30. The summed E-state index contributed by atoms with van der Waals surface area (Å²) in [6, 6.07) is 3.36. The zero-order valence-electron chi connectivity index (χ0n) is 5.34. The summed E-state index contributed by atoms with van der Waals surface area (Å²) < 4.78 is 5.09. The van der Waals surface area contributed by atoms with Crippen LogP contribution >= 0.6 is 23.2 Å². The highest BCUT2D eigenvalue weighted by atomic mass is 35.5. The first-order chi connectivity index (χ1) is 5.27. The monoisotopic (exact) mass is 187 g/mol. The van der Waals surface area contributed by atoms with Gasteiger partial charge in [0, 0.05) is 12.3 Å². The first-order valence-electron chi connectivity index (χ1n) is 2.97. The molecule has 2 aromatic rings. The molecule has 0 saturated carbocycles. The lowest BCUT2D eigenvalue weighted by Gasteiger charge is -1.87. The molecule has 56 valence electrons. The van der Waals surface area contributed by atoms with E-state index in [0.29, 0.717) is 16.0 Å². The molecule has 0 bridgehead atoms. The SMILES string of the molecule is Clc1cc2c(Cl)nccc2o1. The lowest BCUT2D eigenvalue weighted by Crippen LogP contribution is -1.71. The molecule has 0 amide bonds. The van der Waals surface area contributed by atoms with Gasteiger partial charge in [0.05, 0.1) is 5.39 Å². The predicted molar refractivity (Wildman–Crippen MR) is 44.0 cm³/mol. The van der Waals surface area contributed by atoms with Crippen LogP contribution in [-0.4, -0.2) is 4.98 Å². The molecule has 2 aromatic heterocycles. The zero-order valence-corrected chi connectivity index (χ0v) is 6.86. The van der Waals surface area contributed by atoms with Crippen LogP contribution < -0.4 is 0 Å². The van der Waals surface area contributed by atoms with Crippen molar-refractivity contribution in [3.63, 3.8) is 0 Å². The average Bonchev–Trinajstić information content (AvgIpc) is 2.31. The van der Waals surface area contributed by atoms with E-state index < -0.39 is 0 Å². The summed E-state index contributed by atoms with van der Waals surface area (Å²) in [4.78, 5) is 3.87. The maximum absolute atomic E-state index is 5.74. The quantitative estimate of drug-likeness (QED) is 0.593. The van der Waals surface area contributed by atoms with Crippen molar-refractivity contribution < 1.29 is 4.42 Å². The van der Waals surface area contributed by atoms with Crippen LogP contribution in [0.25, 0.3) is 11.0 Å². The molecule has 0 unspecified atom stereocenters. The number of fused-ring (bicyclic) bond motifs is 1. The Hall–Kier alpha value is -0.730. The molecule has 0 aliphatic rings. The van der Waals surface area contributed by atoms with Crippen molar-refractivity contribution in [1.82, 2.24) is 4.98 Å². The Balaban J connectivity index is 2.90. The number of halogens is 2. The van der Waals surface area contributed by atoms with Gasteiger partial charge in [-0.15, -0.1) is 0 Å². The van der Waals surface area contributed by atoms with Crippen LogP contribution in [0.4, 0.5) is 0 Å². The molecule has 2 heterocycles. The minimum atomic E-state index is 0.329. The van der Waals surface area contributed by atoms with Gasteiger partial charge in [-0.05, 0) is 17.7 Å². The van der Waals surface area contributed by atoms with Gasteiger partial charge in [0.2, 0.25) is 0 Å². The van der Waals surface area contributed by atoms with Gasteiger partial charge in [-0.2, -0.15) is 0 Å². The Morgan fingerprint density at radius 2 is 2.18 bits per heavy atom. The minimum absolute atomic E-state index is 0.329. The fourth-order valence-electron chi connectivity index (χ4n) is 0.899. The summed E-state index contributed by atoms with van der Waals surface area (Å²) in [5, 5.41) is 1.49. The second-order valence-corrected chi connectivity index (χ2v) is 2.79. The lowest BCUT2D eigenvalue weighted by atomic mass is 10.3. The standard InChI is InChI=1S/C7H3Cl2NO/c8-6-3-4-5(11-6)1-2-10-7(4)9/h1-3H. The lowest BCUT2D eigenvalue weighted by molar-refractivity contribution is 0.617. The summed E-state index contributed by atoms with van der Waals surface area (Å²) >= 11 is 11.3. The highest BCUT2D eigenvalue weighted by Gasteiger charge is 2.04. The van der Waals surface area contributed by atoms with Crippen molar-refractivity contribution in [1.29, 1.82) is 0 Å². The minimum Gasteiger partial charge on any atom is -0.445 e. The van der Waals surface area contributed by atoms with Crippen LogP contribution in [0.2, 0.25) is 10.4 Å². The van der Waals surface area contributed by atoms with E-state index in [0.717, 1.165) is 5.39 Å². The van der Waals surface area contributed by atoms with E-state index in [4.69, 9.17) is 27.6 Å². The molecule has 4 heteroatoms. The summed E-state index contributed by atoms with van der Waals surface area (Å²) in [6.45, 7) is 0. The third-order valence-electron chi connectivity index (χ3n) is 1.37. The second kappa shape index (κ2) is 2.40. The number of pyridine rings is 1. The molecular formula is C7H3Cl2NO. The van der Waals surface area contributed by atoms with Gasteiger partial charge in [0.25, 0.3) is 0 Å². The van der Waals surface area contributed by atoms with E-state index >= 15 is 0 Å². The van der Waals surface area contributed by atoms with Gasteiger partial charge in [-0.1, -0.05) is 11.6 Å². The van der Waals surface area contributed by atoms with Crippen LogP contribution in [-0.2, 0) is 0 Å². The number of aromatic nitrogens is 1. The Bertz CT molecular complexity index is 396. The number of nitrogens with zero attached hydrogens (tertiary/aromatic N) is 1. The van der Waals surface area contributed by atoms with Crippen LogP contribution in [0, 0.1) is 0 Å². The number of furan rings is 1. The van der Waals surface area contributed by atoms with Crippen molar-refractivity contribution >= 4 is 34.2 Å². The topological polar surface area (TPSA) is 26.0 Å². The van der Waals surface area contributed by atoms with Crippen molar-refractivity contribution in [3.8, 4) is 0 Å². The molecule has 0 atom stereocenters. The normalized spacial score (nSPS) is 10.7. The Labute approximate surface area is 72.7 Å². The Morgan fingerprint density at radius 3 is 2.91 bits per heavy atom. The highest BCUT2D eigenvalue weighted by molar-refractivity contribution is 6.35. The van der Waals surface area contributed by atoms with Crippen LogP contribution in [0.5, 0.6) is 0 Å². The first-order valence-corrected chi connectivity index (χ1v) is 3.72. The Kier molecular flexibility index (Phi) is 1.51. The smallest absolute Gasteiger partial charge is 0.194 e. The van der Waals surface area contributed by atoms with Gasteiger partial charge in [0.15, 0.2) is 5.22 Å². The van der Waals surface area contributed by atoms with Crippen LogP contribution in [0.3, 0.4) is 0 Å². The summed E-state index contributed by atoms with van der Waals surface area (Å²) in [5.74, 6) is 0. The second-order valence-electron chi connectivity index (χ2n) is 2.06. The van der Waals surface area contributed by atoms with E-state index in [-0.39, 0.29) is 0 Å². The van der Waals surface area contributed by atoms with Gasteiger partial charge in [-0.25, -0.2) is 4.98 Å². The van der Waals surface area contributed by atoms with Crippen molar-refractivity contribution in [2.45, 2.75) is 0 Å². The number of hydrogen-bond acceptors (Lipinski definition) is 2. The summed E-state index contributed by atoms with van der Waals surface area (Å²) in [5.41, 5.74) is 0.662. The van der Waals surface area contributed by atoms with Crippen molar-refractivity contribution in [2.24, 2.45) is 0 Å². The van der Waals surface area contributed by atoms with E-state index in [1.165, 1.54) is 0 Å². The van der Waals surface area contributed by atoms with E-state index in [2.05, 4.69) is 4.98 Å². The Morgan fingerprint density at radius 1 is 1.36 bits per heavy atom.